The van der Waals surface area contributed by atoms with Gasteiger partial charge in [0.05, 0.1) is 34.7 Å². The largest absolute Gasteiger partial charge is 0.462 e. The molecule has 2 aromatic heterocycles. The first-order chi connectivity index (χ1) is 9.04. The van der Waals surface area contributed by atoms with E-state index in [4.69, 9.17) is 10.5 Å². The number of carbonyl (C=O) groups is 1. The molecule has 19 heavy (non-hydrogen) atoms. The van der Waals surface area contributed by atoms with Crippen LogP contribution in [0.3, 0.4) is 0 Å². The van der Waals surface area contributed by atoms with Gasteiger partial charge in [-0.3, -0.25) is 0 Å². The van der Waals surface area contributed by atoms with E-state index in [0.717, 1.165) is 10.0 Å². The maximum Gasteiger partial charge on any atom is 0.341 e. The molecule has 0 saturated heterocycles. The molecule has 0 bridgehead atoms. The Balaban J connectivity index is 2.38. The van der Waals surface area contributed by atoms with Crippen LogP contribution in [-0.2, 0) is 4.74 Å². The number of nitrogen functional groups attached to an aromatic ring is 1. The van der Waals surface area contributed by atoms with Gasteiger partial charge in [-0.1, -0.05) is 0 Å². The highest BCUT2D eigenvalue weighted by atomic mass is 79.9. The number of nitrogens with zero attached hydrogens (tertiary/aromatic N) is 3. The standard InChI is InChI=1S/C12H13BrN4O2/c1-3-19-12(18)8-4-16-17(6-8)11-10(13)7(2)9(14)5-15-11/h4-6H,3,14H2,1-2H3. The Bertz CT molecular complexity index is 624. The van der Waals surface area contributed by atoms with Crippen LogP contribution in [0.5, 0.6) is 0 Å². The summed E-state index contributed by atoms with van der Waals surface area (Å²) in [6, 6.07) is 0. The van der Waals surface area contributed by atoms with E-state index in [9.17, 15) is 4.79 Å². The summed E-state index contributed by atoms with van der Waals surface area (Å²) in [7, 11) is 0. The molecule has 2 aromatic rings. The Kier molecular flexibility index (Phi) is 3.84. The minimum absolute atomic E-state index is 0.326. The van der Waals surface area contributed by atoms with Gasteiger partial charge in [0.2, 0.25) is 0 Å². The molecule has 0 unspecified atom stereocenters. The molecule has 2 N–H and O–H groups in total. The summed E-state index contributed by atoms with van der Waals surface area (Å²) >= 11 is 3.43. The third-order valence-electron chi connectivity index (χ3n) is 2.60. The van der Waals surface area contributed by atoms with Crippen LogP contribution in [0.2, 0.25) is 0 Å². The van der Waals surface area contributed by atoms with Gasteiger partial charge < -0.3 is 10.5 Å². The molecule has 0 aliphatic carbocycles. The average Bonchev–Trinajstić information content (AvgIpc) is 2.86. The van der Waals surface area contributed by atoms with Crippen molar-refractivity contribution in [2.75, 3.05) is 12.3 Å². The summed E-state index contributed by atoms with van der Waals surface area (Å²) in [4.78, 5) is 15.8. The Hall–Kier alpha value is -1.89. The quantitative estimate of drug-likeness (QED) is 0.874. The number of aromatic nitrogens is 3. The van der Waals surface area contributed by atoms with Crippen molar-refractivity contribution in [3.63, 3.8) is 0 Å². The second kappa shape index (κ2) is 5.40. The number of nitrogens with two attached hydrogens (primary N) is 1. The monoisotopic (exact) mass is 324 g/mol. The van der Waals surface area contributed by atoms with E-state index in [2.05, 4.69) is 26.0 Å². The van der Waals surface area contributed by atoms with E-state index in [1.807, 2.05) is 6.92 Å². The van der Waals surface area contributed by atoms with Gasteiger partial charge in [0, 0.05) is 6.20 Å². The molecule has 0 aliphatic heterocycles. The number of esters is 1. The fraction of sp³-hybridized carbons (Fsp3) is 0.250. The molecule has 0 aromatic carbocycles. The van der Waals surface area contributed by atoms with Crippen molar-refractivity contribution in [1.29, 1.82) is 0 Å². The number of hydrogen-bond donors (Lipinski definition) is 1. The van der Waals surface area contributed by atoms with Crippen LogP contribution < -0.4 is 5.73 Å². The summed E-state index contributed by atoms with van der Waals surface area (Å²) in [6.07, 6.45) is 4.57. The third-order valence-corrected chi connectivity index (χ3v) is 3.54. The minimum Gasteiger partial charge on any atom is -0.462 e. The summed E-state index contributed by atoms with van der Waals surface area (Å²) in [5.41, 5.74) is 7.61. The molecule has 0 radical (unpaired) electrons. The highest BCUT2D eigenvalue weighted by Crippen LogP contribution is 2.26. The smallest absolute Gasteiger partial charge is 0.341 e. The highest BCUT2D eigenvalue weighted by molar-refractivity contribution is 9.10. The van der Waals surface area contributed by atoms with Crippen LogP contribution in [0.15, 0.2) is 23.1 Å². The lowest BCUT2D eigenvalue weighted by molar-refractivity contribution is 0.0526. The van der Waals surface area contributed by atoms with Crippen molar-refractivity contribution in [2.45, 2.75) is 13.8 Å². The van der Waals surface area contributed by atoms with Gasteiger partial charge in [0.25, 0.3) is 0 Å². The van der Waals surface area contributed by atoms with E-state index >= 15 is 0 Å². The molecule has 100 valence electrons. The lowest BCUT2D eigenvalue weighted by atomic mass is 10.2. The number of rotatable bonds is 3. The van der Waals surface area contributed by atoms with Gasteiger partial charge in [-0.15, -0.1) is 0 Å². The number of pyridine rings is 1. The van der Waals surface area contributed by atoms with Crippen LogP contribution in [0.1, 0.15) is 22.8 Å². The number of ether oxygens (including phenoxy) is 1. The molecule has 0 saturated carbocycles. The fourth-order valence-electron chi connectivity index (χ4n) is 1.50. The molecule has 2 rings (SSSR count). The average molecular weight is 325 g/mol. The van der Waals surface area contributed by atoms with Crippen LogP contribution in [-0.4, -0.2) is 27.3 Å². The fourth-order valence-corrected chi connectivity index (χ4v) is 2.01. The molecule has 0 aliphatic rings. The van der Waals surface area contributed by atoms with Crippen molar-refractivity contribution >= 4 is 27.6 Å². The predicted octanol–water partition coefficient (Wildman–Crippen LogP) is 2.10. The summed E-state index contributed by atoms with van der Waals surface area (Å²) in [5.74, 6) is 0.166. The number of anilines is 1. The second-order valence-corrected chi connectivity index (χ2v) is 4.66. The molecular weight excluding hydrogens is 312 g/mol. The van der Waals surface area contributed by atoms with Crippen LogP contribution >= 0.6 is 15.9 Å². The second-order valence-electron chi connectivity index (χ2n) is 3.87. The maximum atomic E-state index is 11.6. The van der Waals surface area contributed by atoms with Gasteiger partial charge >= 0.3 is 5.97 Å². The first-order valence-corrected chi connectivity index (χ1v) is 6.46. The van der Waals surface area contributed by atoms with Crippen molar-refractivity contribution in [1.82, 2.24) is 14.8 Å². The molecule has 0 spiro atoms. The molecule has 6 nitrogen and oxygen atoms in total. The van der Waals surface area contributed by atoms with E-state index in [1.165, 1.54) is 10.9 Å². The SMILES string of the molecule is CCOC(=O)c1cnn(-c2ncc(N)c(C)c2Br)c1. The zero-order valence-corrected chi connectivity index (χ0v) is 12.1. The maximum absolute atomic E-state index is 11.6. The highest BCUT2D eigenvalue weighted by Gasteiger charge is 2.14. The first-order valence-electron chi connectivity index (χ1n) is 5.67. The van der Waals surface area contributed by atoms with E-state index in [1.54, 1.807) is 19.3 Å². The van der Waals surface area contributed by atoms with Crippen molar-refractivity contribution in [3.05, 3.63) is 34.2 Å². The molecule has 0 amide bonds. The van der Waals surface area contributed by atoms with Crippen molar-refractivity contribution in [3.8, 4) is 5.82 Å². The molecule has 0 fully saturated rings. The Morgan fingerprint density at radius 3 is 2.95 bits per heavy atom. The van der Waals surface area contributed by atoms with Crippen LogP contribution in [0.25, 0.3) is 5.82 Å². The molecule has 7 heteroatoms. The third kappa shape index (κ3) is 2.60. The van der Waals surface area contributed by atoms with Crippen LogP contribution in [0, 0.1) is 6.92 Å². The number of halogens is 1. The van der Waals surface area contributed by atoms with Gasteiger partial charge in [0.1, 0.15) is 0 Å². The lowest BCUT2D eigenvalue weighted by Gasteiger charge is -2.07. The Morgan fingerprint density at radius 2 is 2.26 bits per heavy atom. The zero-order valence-electron chi connectivity index (χ0n) is 10.6. The lowest BCUT2D eigenvalue weighted by Crippen LogP contribution is -2.04. The van der Waals surface area contributed by atoms with Crippen molar-refractivity contribution in [2.24, 2.45) is 0 Å². The van der Waals surface area contributed by atoms with E-state index in [-0.39, 0.29) is 0 Å². The summed E-state index contributed by atoms with van der Waals surface area (Å²) in [6.45, 7) is 3.96. The van der Waals surface area contributed by atoms with Gasteiger partial charge in [-0.2, -0.15) is 5.10 Å². The molecule has 2 heterocycles. The zero-order chi connectivity index (χ0) is 14.0. The van der Waals surface area contributed by atoms with Gasteiger partial charge in [-0.05, 0) is 35.3 Å². The van der Waals surface area contributed by atoms with Crippen molar-refractivity contribution < 1.29 is 9.53 Å². The number of hydrogen-bond acceptors (Lipinski definition) is 5. The molecule has 0 atom stereocenters. The first kappa shape index (κ1) is 13.5. The van der Waals surface area contributed by atoms with E-state index in [0.29, 0.717) is 23.7 Å². The summed E-state index contributed by atoms with van der Waals surface area (Å²) in [5, 5.41) is 4.10. The summed E-state index contributed by atoms with van der Waals surface area (Å²) < 4.78 is 7.15. The predicted molar refractivity (Wildman–Crippen MR) is 74.2 cm³/mol. The van der Waals surface area contributed by atoms with Gasteiger partial charge in [0.15, 0.2) is 5.82 Å². The molecular formula is C12H13BrN4O2. The Labute approximate surface area is 118 Å². The van der Waals surface area contributed by atoms with Crippen LogP contribution in [0.4, 0.5) is 5.69 Å². The number of carbonyl (C=O) groups excluding carboxylic acids is 1. The minimum atomic E-state index is -0.406. The van der Waals surface area contributed by atoms with Gasteiger partial charge in [-0.25, -0.2) is 14.5 Å². The normalized spacial score (nSPS) is 10.5. The Morgan fingerprint density at radius 1 is 1.53 bits per heavy atom. The van der Waals surface area contributed by atoms with E-state index < -0.39 is 5.97 Å². The topological polar surface area (TPSA) is 83.0 Å².